The van der Waals surface area contributed by atoms with Crippen LogP contribution in [0.5, 0.6) is 0 Å². The van der Waals surface area contributed by atoms with Gasteiger partial charge in [0.05, 0.1) is 7.11 Å². The fourth-order valence-electron chi connectivity index (χ4n) is 3.19. The van der Waals surface area contributed by atoms with Crippen molar-refractivity contribution < 1.29 is 9.53 Å². The molecule has 0 amide bonds. The summed E-state index contributed by atoms with van der Waals surface area (Å²) < 4.78 is 5.07. The molecule has 1 aromatic carbocycles. The SMILES string of the molecule is CCc1ccc(C(C)(NC2CCCCC2)C(=O)OC)cc1. The fourth-order valence-corrected chi connectivity index (χ4v) is 3.19. The summed E-state index contributed by atoms with van der Waals surface area (Å²) in [7, 11) is 1.46. The van der Waals surface area contributed by atoms with Crippen molar-refractivity contribution >= 4 is 5.97 Å². The quantitative estimate of drug-likeness (QED) is 0.842. The molecule has 0 aliphatic heterocycles. The first-order valence-electron chi connectivity index (χ1n) is 8.05. The van der Waals surface area contributed by atoms with Crippen molar-refractivity contribution in [2.24, 2.45) is 0 Å². The Labute approximate surface area is 128 Å². The van der Waals surface area contributed by atoms with E-state index in [1.807, 2.05) is 19.1 Å². The first-order chi connectivity index (χ1) is 10.1. The van der Waals surface area contributed by atoms with Gasteiger partial charge in [0.1, 0.15) is 5.54 Å². The van der Waals surface area contributed by atoms with E-state index in [2.05, 4.69) is 24.4 Å². The van der Waals surface area contributed by atoms with Crippen molar-refractivity contribution in [3.8, 4) is 0 Å². The molecule has 1 aromatic rings. The van der Waals surface area contributed by atoms with Gasteiger partial charge in [-0.15, -0.1) is 0 Å². The van der Waals surface area contributed by atoms with Crippen LogP contribution in [-0.4, -0.2) is 19.1 Å². The smallest absolute Gasteiger partial charge is 0.330 e. The molecule has 3 nitrogen and oxygen atoms in total. The average Bonchev–Trinajstić information content (AvgIpc) is 2.55. The second-order valence-corrected chi connectivity index (χ2v) is 6.15. The molecule has 1 aliphatic carbocycles. The van der Waals surface area contributed by atoms with Crippen LogP contribution in [-0.2, 0) is 21.5 Å². The maximum Gasteiger partial charge on any atom is 0.330 e. The Hall–Kier alpha value is -1.35. The second kappa shape index (κ2) is 7.08. The zero-order chi connectivity index (χ0) is 15.3. The first-order valence-corrected chi connectivity index (χ1v) is 8.05. The lowest BCUT2D eigenvalue weighted by molar-refractivity contribution is -0.148. The van der Waals surface area contributed by atoms with Crippen LogP contribution in [0.25, 0.3) is 0 Å². The third kappa shape index (κ3) is 3.65. The molecule has 0 radical (unpaired) electrons. The molecule has 0 heterocycles. The number of carbonyl (C=O) groups is 1. The highest BCUT2D eigenvalue weighted by molar-refractivity contribution is 5.82. The molecule has 2 rings (SSSR count). The van der Waals surface area contributed by atoms with Crippen LogP contribution in [0.4, 0.5) is 0 Å². The van der Waals surface area contributed by atoms with Crippen LogP contribution in [0.15, 0.2) is 24.3 Å². The minimum atomic E-state index is -0.761. The van der Waals surface area contributed by atoms with Gasteiger partial charge in [-0.2, -0.15) is 0 Å². The Morgan fingerprint density at radius 3 is 2.38 bits per heavy atom. The van der Waals surface area contributed by atoms with Gasteiger partial charge in [-0.1, -0.05) is 50.5 Å². The monoisotopic (exact) mass is 289 g/mol. The number of nitrogens with one attached hydrogen (secondary N) is 1. The van der Waals surface area contributed by atoms with E-state index in [1.54, 1.807) is 0 Å². The molecule has 0 saturated heterocycles. The largest absolute Gasteiger partial charge is 0.467 e. The minimum Gasteiger partial charge on any atom is -0.467 e. The maximum absolute atomic E-state index is 12.4. The van der Waals surface area contributed by atoms with E-state index in [1.165, 1.54) is 31.9 Å². The topological polar surface area (TPSA) is 38.3 Å². The summed E-state index contributed by atoms with van der Waals surface area (Å²) in [5, 5.41) is 3.56. The van der Waals surface area contributed by atoms with E-state index in [0.29, 0.717) is 6.04 Å². The molecule has 1 unspecified atom stereocenters. The molecule has 0 spiro atoms. The van der Waals surface area contributed by atoms with E-state index < -0.39 is 5.54 Å². The number of hydrogen-bond acceptors (Lipinski definition) is 3. The van der Waals surface area contributed by atoms with Gasteiger partial charge >= 0.3 is 5.97 Å². The van der Waals surface area contributed by atoms with Crippen molar-refractivity contribution in [2.45, 2.75) is 64.0 Å². The molecule has 21 heavy (non-hydrogen) atoms. The molecule has 116 valence electrons. The summed E-state index contributed by atoms with van der Waals surface area (Å²) >= 11 is 0. The van der Waals surface area contributed by atoms with Crippen LogP contribution in [0.3, 0.4) is 0 Å². The van der Waals surface area contributed by atoms with Crippen LogP contribution in [0.1, 0.15) is 57.1 Å². The predicted octanol–water partition coefficient (Wildman–Crippen LogP) is 3.56. The summed E-state index contributed by atoms with van der Waals surface area (Å²) in [5.41, 5.74) is 1.50. The number of benzene rings is 1. The van der Waals surface area contributed by atoms with Crippen molar-refractivity contribution in [2.75, 3.05) is 7.11 Å². The molecular weight excluding hydrogens is 262 g/mol. The highest BCUT2D eigenvalue weighted by atomic mass is 16.5. The molecule has 1 N–H and O–H groups in total. The zero-order valence-corrected chi connectivity index (χ0v) is 13.4. The molecule has 1 fully saturated rings. The van der Waals surface area contributed by atoms with Gasteiger partial charge in [0.25, 0.3) is 0 Å². The third-order valence-corrected chi connectivity index (χ3v) is 4.63. The highest BCUT2D eigenvalue weighted by Crippen LogP contribution is 2.27. The van der Waals surface area contributed by atoms with Gasteiger partial charge in [-0.05, 0) is 37.3 Å². The van der Waals surface area contributed by atoms with Crippen LogP contribution >= 0.6 is 0 Å². The van der Waals surface area contributed by atoms with Crippen molar-refractivity contribution in [1.82, 2.24) is 5.32 Å². The van der Waals surface area contributed by atoms with Gasteiger partial charge in [0.2, 0.25) is 0 Å². The molecular formula is C18H27NO2. The zero-order valence-electron chi connectivity index (χ0n) is 13.4. The number of aryl methyl sites for hydroxylation is 1. The lowest BCUT2D eigenvalue weighted by atomic mass is 9.87. The molecule has 1 aliphatic rings. The Bertz CT molecular complexity index is 463. The average molecular weight is 289 g/mol. The van der Waals surface area contributed by atoms with Gasteiger partial charge in [0, 0.05) is 6.04 Å². The van der Waals surface area contributed by atoms with Gasteiger partial charge in [-0.25, -0.2) is 4.79 Å². The molecule has 1 atom stereocenters. The first kappa shape index (κ1) is 16.0. The Kier molecular flexibility index (Phi) is 5.40. The number of carbonyl (C=O) groups excluding carboxylic acids is 1. The van der Waals surface area contributed by atoms with Crippen LogP contribution in [0.2, 0.25) is 0 Å². The van der Waals surface area contributed by atoms with Gasteiger partial charge < -0.3 is 4.74 Å². The summed E-state index contributed by atoms with van der Waals surface area (Å²) in [5.74, 6) is -0.211. The summed E-state index contributed by atoms with van der Waals surface area (Å²) in [6.45, 7) is 4.07. The van der Waals surface area contributed by atoms with E-state index in [-0.39, 0.29) is 5.97 Å². The summed E-state index contributed by atoms with van der Waals surface area (Å²) in [4.78, 5) is 12.4. The lowest BCUT2D eigenvalue weighted by Crippen LogP contribution is -2.52. The van der Waals surface area contributed by atoms with Crippen LogP contribution in [0, 0.1) is 0 Å². The Morgan fingerprint density at radius 2 is 1.86 bits per heavy atom. The summed E-state index contributed by atoms with van der Waals surface area (Å²) in [6, 6.07) is 8.68. The number of hydrogen-bond donors (Lipinski definition) is 1. The Morgan fingerprint density at radius 1 is 1.24 bits per heavy atom. The standard InChI is InChI=1S/C18H27NO2/c1-4-14-10-12-15(13-11-14)18(2,17(20)21-3)19-16-8-6-5-7-9-16/h10-13,16,19H,4-9H2,1-3H3. The normalized spacial score (nSPS) is 19.0. The fraction of sp³-hybridized carbons (Fsp3) is 0.611. The van der Waals surface area contributed by atoms with Crippen molar-refractivity contribution in [3.05, 3.63) is 35.4 Å². The number of ether oxygens (including phenoxy) is 1. The van der Waals surface area contributed by atoms with E-state index in [0.717, 1.165) is 24.8 Å². The molecule has 3 heteroatoms. The highest BCUT2D eigenvalue weighted by Gasteiger charge is 2.38. The van der Waals surface area contributed by atoms with Crippen molar-refractivity contribution in [1.29, 1.82) is 0 Å². The maximum atomic E-state index is 12.4. The predicted molar refractivity (Wildman–Crippen MR) is 85.2 cm³/mol. The third-order valence-electron chi connectivity index (χ3n) is 4.63. The van der Waals surface area contributed by atoms with E-state index in [4.69, 9.17) is 4.74 Å². The number of methoxy groups -OCH3 is 1. The Balaban J connectivity index is 2.24. The molecule has 1 saturated carbocycles. The summed E-state index contributed by atoms with van der Waals surface area (Å²) in [6.07, 6.45) is 7.07. The lowest BCUT2D eigenvalue weighted by Gasteiger charge is -2.35. The second-order valence-electron chi connectivity index (χ2n) is 6.15. The van der Waals surface area contributed by atoms with Crippen molar-refractivity contribution in [3.63, 3.8) is 0 Å². The van der Waals surface area contributed by atoms with Gasteiger partial charge in [-0.3, -0.25) is 5.32 Å². The number of esters is 1. The van der Waals surface area contributed by atoms with Crippen LogP contribution < -0.4 is 5.32 Å². The number of rotatable bonds is 5. The van der Waals surface area contributed by atoms with E-state index in [9.17, 15) is 4.79 Å². The molecule has 0 aromatic heterocycles. The molecule has 0 bridgehead atoms. The van der Waals surface area contributed by atoms with Gasteiger partial charge in [0.15, 0.2) is 0 Å². The van der Waals surface area contributed by atoms with E-state index >= 15 is 0 Å². The minimum absolute atomic E-state index is 0.211.